The van der Waals surface area contributed by atoms with E-state index in [4.69, 9.17) is 0 Å². The van der Waals surface area contributed by atoms with Crippen LogP contribution >= 0.6 is 0 Å². The molecule has 0 unspecified atom stereocenters. The van der Waals surface area contributed by atoms with Crippen LogP contribution in [0.1, 0.15) is 25.3 Å². The summed E-state index contributed by atoms with van der Waals surface area (Å²) in [4.78, 5) is 0. The Morgan fingerprint density at radius 3 is 3.00 bits per heavy atom. The highest BCUT2D eigenvalue weighted by Gasteiger charge is 1.84. The Kier molecular flexibility index (Phi) is 4.22. The number of allylic oxidation sites excluding steroid dienone is 2. The lowest BCUT2D eigenvalue weighted by molar-refractivity contribution is 0.953. The molecule has 0 aliphatic rings. The van der Waals surface area contributed by atoms with Gasteiger partial charge in [0.15, 0.2) is 0 Å². The van der Waals surface area contributed by atoms with E-state index in [0.29, 0.717) is 0 Å². The molecule has 0 spiro atoms. The lowest BCUT2D eigenvalue weighted by Crippen LogP contribution is -1.78. The monoisotopic (exact) mass is 159 g/mol. The molecule has 0 saturated heterocycles. The summed E-state index contributed by atoms with van der Waals surface area (Å²) in [6.07, 6.45) is 7.94. The van der Waals surface area contributed by atoms with Gasteiger partial charge in [-0.25, -0.2) is 0 Å². The van der Waals surface area contributed by atoms with Crippen molar-refractivity contribution in [1.82, 2.24) is 0 Å². The van der Waals surface area contributed by atoms with Crippen molar-refractivity contribution in [3.63, 3.8) is 0 Å². The van der Waals surface area contributed by atoms with Crippen LogP contribution in [-0.4, -0.2) is 0 Å². The Morgan fingerprint density at radius 1 is 1.42 bits per heavy atom. The number of hydrogen-bond donors (Lipinski definition) is 0. The second-order valence-corrected chi connectivity index (χ2v) is 2.88. The van der Waals surface area contributed by atoms with Crippen LogP contribution in [0.4, 0.5) is 0 Å². The maximum Gasteiger partial charge on any atom is -0.00972 e. The molecule has 0 atom stereocenters. The van der Waals surface area contributed by atoms with Crippen molar-refractivity contribution in [2.24, 2.45) is 0 Å². The lowest BCUT2D eigenvalue weighted by atomic mass is 10.1. The van der Waals surface area contributed by atoms with Crippen LogP contribution in [-0.2, 0) is 6.42 Å². The van der Waals surface area contributed by atoms with Crippen molar-refractivity contribution < 1.29 is 0 Å². The molecule has 0 aliphatic carbocycles. The molecule has 0 saturated carbocycles. The van der Waals surface area contributed by atoms with Gasteiger partial charge in [-0.3, -0.25) is 0 Å². The van der Waals surface area contributed by atoms with Gasteiger partial charge in [0.1, 0.15) is 0 Å². The molecule has 0 N–H and O–H groups in total. The first-order valence-corrected chi connectivity index (χ1v) is 4.53. The van der Waals surface area contributed by atoms with E-state index >= 15 is 0 Å². The van der Waals surface area contributed by atoms with Crippen LogP contribution in [0.2, 0.25) is 0 Å². The quantitative estimate of drug-likeness (QED) is 0.591. The fourth-order valence-corrected chi connectivity index (χ4v) is 1.06. The molecule has 0 heterocycles. The minimum Gasteiger partial charge on any atom is -0.0882 e. The van der Waals surface area contributed by atoms with Crippen molar-refractivity contribution in [3.05, 3.63) is 48.0 Å². The number of unbranched alkanes of at least 4 members (excludes halogenated alkanes) is 1. The molecule has 0 amide bonds. The van der Waals surface area contributed by atoms with Gasteiger partial charge in [0.05, 0.1) is 0 Å². The van der Waals surface area contributed by atoms with Crippen LogP contribution < -0.4 is 0 Å². The van der Waals surface area contributed by atoms with Gasteiger partial charge in [0, 0.05) is 0 Å². The predicted octanol–water partition coefficient (Wildman–Crippen LogP) is 3.39. The lowest BCUT2D eigenvalue weighted by Gasteiger charge is -1.93. The van der Waals surface area contributed by atoms with E-state index in [9.17, 15) is 0 Å². The second kappa shape index (κ2) is 5.59. The largest absolute Gasteiger partial charge is 0.0882 e. The third-order valence-electron chi connectivity index (χ3n) is 1.75. The minimum atomic E-state index is 1.04. The molecule has 1 rings (SSSR count). The molecular weight excluding hydrogens is 144 g/mol. The van der Waals surface area contributed by atoms with Gasteiger partial charge < -0.3 is 0 Å². The van der Waals surface area contributed by atoms with Gasteiger partial charge in [-0.05, 0) is 24.5 Å². The van der Waals surface area contributed by atoms with Crippen molar-refractivity contribution >= 4 is 0 Å². The number of benzene rings is 1. The highest BCUT2D eigenvalue weighted by Crippen LogP contribution is 2.00. The first-order chi connectivity index (χ1) is 5.93. The molecule has 0 aromatic heterocycles. The fourth-order valence-electron chi connectivity index (χ4n) is 1.06. The molecule has 0 fully saturated rings. The summed E-state index contributed by atoms with van der Waals surface area (Å²) >= 11 is 0. The normalized spacial score (nSPS) is 10.8. The molecule has 1 radical (unpaired) electrons. The Labute approximate surface area is 74.9 Å². The van der Waals surface area contributed by atoms with E-state index in [1.54, 1.807) is 0 Å². The van der Waals surface area contributed by atoms with Crippen LogP contribution in [0.5, 0.6) is 0 Å². The van der Waals surface area contributed by atoms with Crippen LogP contribution in [0.25, 0.3) is 0 Å². The molecular formula is C12H15. The summed E-state index contributed by atoms with van der Waals surface area (Å²) in [5.74, 6) is 0. The van der Waals surface area contributed by atoms with Crippen molar-refractivity contribution in [3.8, 4) is 0 Å². The van der Waals surface area contributed by atoms with E-state index in [1.807, 2.05) is 18.2 Å². The number of rotatable bonds is 4. The summed E-state index contributed by atoms with van der Waals surface area (Å²) < 4.78 is 0. The summed E-state index contributed by atoms with van der Waals surface area (Å²) in [6, 6.07) is 11.2. The van der Waals surface area contributed by atoms with Crippen molar-refractivity contribution in [2.75, 3.05) is 0 Å². The Morgan fingerprint density at radius 2 is 2.33 bits per heavy atom. The number of hydrogen-bond acceptors (Lipinski definition) is 0. The summed E-state index contributed by atoms with van der Waals surface area (Å²) in [7, 11) is 0. The first-order valence-electron chi connectivity index (χ1n) is 4.53. The third kappa shape index (κ3) is 3.38. The van der Waals surface area contributed by atoms with Gasteiger partial charge in [-0.2, -0.15) is 0 Å². The van der Waals surface area contributed by atoms with Crippen LogP contribution in [0, 0.1) is 6.07 Å². The standard InChI is InChI=1S/C12H15/c1-2-3-4-6-9-12-10-7-5-8-11-12/h4-7,10-11H,2-3,9H2,1H3/b6-4+. The summed E-state index contributed by atoms with van der Waals surface area (Å²) in [5, 5.41) is 0. The second-order valence-electron chi connectivity index (χ2n) is 2.88. The van der Waals surface area contributed by atoms with Gasteiger partial charge in [-0.15, -0.1) is 0 Å². The molecule has 63 valence electrons. The Hall–Kier alpha value is -1.04. The van der Waals surface area contributed by atoms with Gasteiger partial charge >= 0.3 is 0 Å². The Balaban J connectivity index is 2.33. The average molecular weight is 159 g/mol. The zero-order valence-corrected chi connectivity index (χ0v) is 7.59. The Bertz CT molecular complexity index is 221. The van der Waals surface area contributed by atoms with Crippen LogP contribution in [0.3, 0.4) is 0 Å². The molecule has 1 aromatic carbocycles. The van der Waals surface area contributed by atoms with Gasteiger partial charge in [0.2, 0.25) is 0 Å². The molecule has 0 bridgehead atoms. The fraction of sp³-hybridized carbons (Fsp3) is 0.333. The van der Waals surface area contributed by atoms with E-state index in [2.05, 4.69) is 31.2 Å². The molecule has 0 nitrogen and oxygen atoms in total. The van der Waals surface area contributed by atoms with Crippen molar-refractivity contribution in [2.45, 2.75) is 26.2 Å². The maximum atomic E-state index is 3.07. The van der Waals surface area contributed by atoms with Gasteiger partial charge in [0.25, 0.3) is 0 Å². The van der Waals surface area contributed by atoms with E-state index in [1.165, 1.54) is 18.4 Å². The van der Waals surface area contributed by atoms with E-state index < -0.39 is 0 Å². The molecule has 12 heavy (non-hydrogen) atoms. The minimum absolute atomic E-state index is 1.04. The highest BCUT2D eigenvalue weighted by molar-refractivity contribution is 5.16. The topological polar surface area (TPSA) is 0 Å². The van der Waals surface area contributed by atoms with Gasteiger partial charge in [-0.1, -0.05) is 49.8 Å². The van der Waals surface area contributed by atoms with Crippen LogP contribution in [0.15, 0.2) is 36.4 Å². The first kappa shape index (κ1) is 9.05. The van der Waals surface area contributed by atoms with E-state index in [-0.39, 0.29) is 0 Å². The molecule has 0 heteroatoms. The maximum absolute atomic E-state index is 3.07. The summed E-state index contributed by atoms with van der Waals surface area (Å²) in [6.45, 7) is 2.20. The van der Waals surface area contributed by atoms with E-state index in [0.717, 1.165) is 6.42 Å². The third-order valence-corrected chi connectivity index (χ3v) is 1.75. The SMILES string of the molecule is CCC/C=C/Cc1c[c]ccc1. The highest BCUT2D eigenvalue weighted by atomic mass is 13.9. The molecule has 0 aliphatic heterocycles. The molecule has 1 aromatic rings. The smallest absolute Gasteiger partial charge is 0.00972 e. The van der Waals surface area contributed by atoms with Crippen molar-refractivity contribution in [1.29, 1.82) is 0 Å². The predicted molar refractivity (Wildman–Crippen MR) is 53.0 cm³/mol. The summed E-state index contributed by atoms with van der Waals surface area (Å²) in [5.41, 5.74) is 1.34. The zero-order chi connectivity index (χ0) is 8.65. The average Bonchev–Trinajstić information content (AvgIpc) is 2.14. The zero-order valence-electron chi connectivity index (χ0n) is 7.59.